The second-order valence-corrected chi connectivity index (χ2v) is 6.85. The highest BCUT2D eigenvalue weighted by Crippen LogP contribution is 2.34. The van der Waals surface area contributed by atoms with Gasteiger partial charge in [-0.1, -0.05) is 61.6 Å². The van der Waals surface area contributed by atoms with Crippen molar-refractivity contribution in [2.45, 2.75) is 71.6 Å². The molecule has 0 spiro atoms. The first-order valence-electron chi connectivity index (χ1n) is 8.97. The molecule has 0 bridgehead atoms. The van der Waals surface area contributed by atoms with E-state index in [-0.39, 0.29) is 18.1 Å². The topological polar surface area (TPSA) is 54.4 Å². The van der Waals surface area contributed by atoms with Gasteiger partial charge in [-0.3, -0.25) is 9.59 Å². The molecule has 1 aliphatic carbocycles. The molecule has 0 aliphatic heterocycles. The van der Waals surface area contributed by atoms with Gasteiger partial charge in [0.1, 0.15) is 0 Å². The first kappa shape index (κ1) is 20.7. The Labute approximate surface area is 150 Å². The Balaban J connectivity index is 2.61. The van der Waals surface area contributed by atoms with E-state index in [4.69, 9.17) is 16.7 Å². The SMILES string of the molecule is CCCCCCC=CC1C=C(Cl)C(=O)C1=C(C)CCCCC(=O)O. The number of halogens is 1. The second-order valence-electron chi connectivity index (χ2n) is 6.44. The summed E-state index contributed by atoms with van der Waals surface area (Å²) in [5.41, 5.74) is 1.80. The fraction of sp³-hybridized carbons (Fsp3) is 0.600. The first-order chi connectivity index (χ1) is 11.5. The molecule has 0 amide bonds. The Kier molecular flexibility index (Phi) is 9.70. The molecule has 1 unspecified atom stereocenters. The summed E-state index contributed by atoms with van der Waals surface area (Å²) in [6.45, 7) is 4.16. The zero-order valence-corrected chi connectivity index (χ0v) is 15.6. The minimum Gasteiger partial charge on any atom is -0.481 e. The zero-order chi connectivity index (χ0) is 17.9. The van der Waals surface area contributed by atoms with E-state index in [2.05, 4.69) is 19.1 Å². The van der Waals surface area contributed by atoms with E-state index in [9.17, 15) is 9.59 Å². The highest BCUT2D eigenvalue weighted by molar-refractivity contribution is 6.46. The van der Waals surface area contributed by atoms with Crippen LogP contribution in [0, 0.1) is 5.92 Å². The number of hydrogen-bond acceptors (Lipinski definition) is 2. The van der Waals surface area contributed by atoms with Gasteiger partial charge in [-0.25, -0.2) is 0 Å². The fourth-order valence-corrected chi connectivity index (χ4v) is 3.20. The Morgan fingerprint density at radius 2 is 1.92 bits per heavy atom. The van der Waals surface area contributed by atoms with E-state index < -0.39 is 5.97 Å². The molecular formula is C20H29ClO3. The van der Waals surface area contributed by atoms with Crippen LogP contribution in [0.3, 0.4) is 0 Å². The molecule has 0 fully saturated rings. The van der Waals surface area contributed by atoms with Crippen molar-refractivity contribution < 1.29 is 14.7 Å². The van der Waals surface area contributed by atoms with Crippen molar-refractivity contribution in [1.82, 2.24) is 0 Å². The number of carbonyl (C=O) groups excluding carboxylic acids is 1. The molecule has 0 heterocycles. The summed E-state index contributed by atoms with van der Waals surface area (Å²) in [6, 6.07) is 0. The average Bonchev–Trinajstić information content (AvgIpc) is 2.81. The standard InChI is InChI=1S/C20H29ClO3/c1-3-4-5-6-7-8-12-16-14-17(21)20(24)19(16)15(2)11-9-10-13-18(22)23/h8,12,14,16H,3-7,9-11,13H2,1-2H3,(H,22,23). The zero-order valence-electron chi connectivity index (χ0n) is 14.8. The lowest BCUT2D eigenvalue weighted by Crippen LogP contribution is -2.05. The van der Waals surface area contributed by atoms with Crippen LogP contribution in [0.2, 0.25) is 0 Å². The first-order valence-corrected chi connectivity index (χ1v) is 9.35. The maximum absolute atomic E-state index is 12.3. The third-order valence-electron chi connectivity index (χ3n) is 4.34. The Morgan fingerprint density at radius 1 is 1.21 bits per heavy atom. The molecule has 0 radical (unpaired) electrons. The van der Waals surface area contributed by atoms with Gasteiger partial charge in [0, 0.05) is 17.9 Å². The van der Waals surface area contributed by atoms with Crippen LogP contribution in [0.4, 0.5) is 0 Å². The normalized spacial score (nSPS) is 19.9. The average molecular weight is 353 g/mol. The molecule has 0 saturated carbocycles. The maximum Gasteiger partial charge on any atom is 0.303 e. The van der Waals surface area contributed by atoms with Crippen molar-refractivity contribution >= 4 is 23.4 Å². The summed E-state index contributed by atoms with van der Waals surface area (Å²) in [6.07, 6.45) is 14.3. The van der Waals surface area contributed by atoms with Crippen molar-refractivity contribution in [3.05, 3.63) is 34.4 Å². The van der Waals surface area contributed by atoms with Crippen LogP contribution in [0.1, 0.15) is 71.6 Å². The van der Waals surface area contributed by atoms with Crippen LogP contribution >= 0.6 is 11.6 Å². The van der Waals surface area contributed by atoms with Gasteiger partial charge >= 0.3 is 5.97 Å². The maximum atomic E-state index is 12.3. The number of unbranched alkanes of at least 4 members (excludes halogenated alkanes) is 5. The van der Waals surface area contributed by atoms with Gasteiger partial charge in [0.05, 0.1) is 5.03 Å². The highest BCUT2D eigenvalue weighted by atomic mass is 35.5. The van der Waals surface area contributed by atoms with Crippen molar-refractivity contribution in [2.24, 2.45) is 5.92 Å². The van der Waals surface area contributed by atoms with Gasteiger partial charge in [-0.2, -0.15) is 0 Å². The van der Waals surface area contributed by atoms with Gasteiger partial charge in [-0.05, 0) is 39.0 Å². The molecule has 134 valence electrons. The predicted octanol–water partition coefficient (Wildman–Crippen LogP) is 5.80. The third kappa shape index (κ3) is 7.04. The predicted molar refractivity (Wildman–Crippen MR) is 99.1 cm³/mol. The molecule has 4 heteroatoms. The molecule has 1 rings (SSSR count). The molecule has 0 aromatic carbocycles. The number of rotatable bonds is 11. The van der Waals surface area contributed by atoms with E-state index in [1.165, 1.54) is 25.7 Å². The Bertz CT molecular complexity index is 529. The summed E-state index contributed by atoms with van der Waals surface area (Å²) in [5, 5.41) is 8.98. The largest absolute Gasteiger partial charge is 0.481 e. The van der Waals surface area contributed by atoms with Crippen LogP contribution in [0.5, 0.6) is 0 Å². The van der Waals surface area contributed by atoms with Crippen LogP contribution in [0.15, 0.2) is 34.4 Å². The molecule has 0 aromatic rings. The lowest BCUT2D eigenvalue weighted by Gasteiger charge is -2.10. The number of hydrogen-bond donors (Lipinski definition) is 1. The van der Waals surface area contributed by atoms with E-state index in [1.807, 2.05) is 13.0 Å². The molecule has 1 atom stereocenters. The molecular weight excluding hydrogens is 324 g/mol. The number of Topliss-reactive ketones (excluding diaryl/α,β-unsaturated/α-hetero) is 1. The van der Waals surface area contributed by atoms with Crippen molar-refractivity contribution in [2.75, 3.05) is 0 Å². The van der Waals surface area contributed by atoms with E-state index in [0.29, 0.717) is 11.5 Å². The summed E-state index contributed by atoms with van der Waals surface area (Å²) in [5.74, 6) is -0.880. The van der Waals surface area contributed by atoms with E-state index >= 15 is 0 Å². The van der Waals surface area contributed by atoms with Gasteiger partial charge in [0.25, 0.3) is 0 Å². The van der Waals surface area contributed by atoms with Crippen LogP contribution in [0.25, 0.3) is 0 Å². The second kappa shape index (κ2) is 11.2. The highest BCUT2D eigenvalue weighted by Gasteiger charge is 2.28. The smallest absolute Gasteiger partial charge is 0.303 e. The van der Waals surface area contributed by atoms with Gasteiger partial charge in [-0.15, -0.1) is 0 Å². The number of aliphatic carboxylic acids is 1. The van der Waals surface area contributed by atoms with Crippen molar-refractivity contribution in [3.8, 4) is 0 Å². The molecule has 24 heavy (non-hydrogen) atoms. The molecule has 1 N–H and O–H groups in total. The lowest BCUT2D eigenvalue weighted by atomic mass is 9.93. The lowest BCUT2D eigenvalue weighted by molar-refractivity contribution is -0.137. The number of ketones is 1. The van der Waals surface area contributed by atoms with Crippen LogP contribution < -0.4 is 0 Å². The van der Waals surface area contributed by atoms with E-state index in [0.717, 1.165) is 30.4 Å². The fourth-order valence-electron chi connectivity index (χ4n) is 2.96. The van der Waals surface area contributed by atoms with Gasteiger partial charge in [0.2, 0.25) is 5.78 Å². The summed E-state index contributed by atoms with van der Waals surface area (Å²) in [4.78, 5) is 22.8. The minimum atomic E-state index is -0.772. The molecule has 1 aliphatic rings. The number of carboxylic acids is 1. The molecule has 3 nitrogen and oxygen atoms in total. The summed E-state index contributed by atoms with van der Waals surface area (Å²) in [7, 11) is 0. The third-order valence-corrected chi connectivity index (χ3v) is 4.64. The monoisotopic (exact) mass is 352 g/mol. The van der Waals surface area contributed by atoms with Crippen LogP contribution in [-0.2, 0) is 9.59 Å². The molecule has 0 aromatic heterocycles. The molecule has 0 saturated heterocycles. The number of carboxylic acid groups (broad SMARTS) is 1. The van der Waals surface area contributed by atoms with Crippen molar-refractivity contribution in [3.63, 3.8) is 0 Å². The van der Waals surface area contributed by atoms with Gasteiger partial charge in [0.15, 0.2) is 0 Å². The number of carbonyl (C=O) groups is 2. The van der Waals surface area contributed by atoms with Gasteiger partial charge < -0.3 is 5.11 Å². The van der Waals surface area contributed by atoms with E-state index in [1.54, 1.807) is 0 Å². The summed E-state index contributed by atoms with van der Waals surface area (Å²) < 4.78 is 0. The number of allylic oxidation sites excluding steroid dienone is 6. The minimum absolute atomic E-state index is 0.0318. The Morgan fingerprint density at radius 3 is 2.58 bits per heavy atom. The van der Waals surface area contributed by atoms with Crippen LogP contribution in [-0.4, -0.2) is 16.9 Å². The quantitative estimate of drug-likeness (QED) is 0.290. The summed E-state index contributed by atoms with van der Waals surface area (Å²) >= 11 is 6.05. The Hall–Kier alpha value is -1.35. The van der Waals surface area contributed by atoms with Crippen molar-refractivity contribution in [1.29, 1.82) is 0 Å².